The zero-order valence-electron chi connectivity index (χ0n) is 8.33. The molecule has 5 nitrogen and oxygen atoms in total. The monoisotopic (exact) mass is 215 g/mol. The van der Waals surface area contributed by atoms with Crippen LogP contribution >= 0.6 is 0 Å². The highest BCUT2D eigenvalue weighted by atomic mass is 16.2. The number of fused-ring (bicyclic) bond motifs is 3. The molecule has 16 heavy (non-hydrogen) atoms. The van der Waals surface area contributed by atoms with Crippen LogP contribution in [0.1, 0.15) is 0 Å². The van der Waals surface area contributed by atoms with Gasteiger partial charge < -0.3 is 15.6 Å². The van der Waals surface area contributed by atoms with Gasteiger partial charge in [-0.25, -0.2) is 0 Å². The van der Waals surface area contributed by atoms with Crippen LogP contribution in [0.15, 0.2) is 29.1 Å². The highest BCUT2D eigenvalue weighted by Crippen LogP contribution is 2.28. The standard InChI is InChI=1S/C11H9N3O2/c15-8-5-12-10-9(14-8)6-3-1-2-4-7(6)13-11(10)16/h1-4,12H,5H2,(H,13,16)(H,14,15). The summed E-state index contributed by atoms with van der Waals surface area (Å²) in [6.45, 7) is 0.133. The van der Waals surface area contributed by atoms with Crippen molar-refractivity contribution in [2.45, 2.75) is 0 Å². The largest absolute Gasteiger partial charge is 0.370 e. The molecule has 0 unspecified atom stereocenters. The lowest BCUT2D eigenvalue weighted by Gasteiger charge is -2.19. The smallest absolute Gasteiger partial charge is 0.273 e. The molecule has 3 N–H and O–H groups in total. The fourth-order valence-corrected chi connectivity index (χ4v) is 1.89. The van der Waals surface area contributed by atoms with Crippen molar-refractivity contribution < 1.29 is 4.79 Å². The summed E-state index contributed by atoms with van der Waals surface area (Å²) in [4.78, 5) is 25.8. The zero-order chi connectivity index (χ0) is 11.1. The summed E-state index contributed by atoms with van der Waals surface area (Å²) in [5.41, 5.74) is 1.50. The SMILES string of the molecule is O=C1CNc2c(c3ccccc3[nH]c2=O)N1. The number of aromatic amines is 1. The van der Waals surface area contributed by atoms with Gasteiger partial charge in [0.25, 0.3) is 5.56 Å². The van der Waals surface area contributed by atoms with Gasteiger partial charge in [0.1, 0.15) is 5.69 Å². The van der Waals surface area contributed by atoms with E-state index in [1.807, 2.05) is 18.2 Å². The Morgan fingerprint density at radius 2 is 1.88 bits per heavy atom. The van der Waals surface area contributed by atoms with Crippen LogP contribution in [0.25, 0.3) is 10.9 Å². The summed E-state index contributed by atoms with van der Waals surface area (Å²) in [7, 11) is 0. The number of rotatable bonds is 0. The van der Waals surface area contributed by atoms with Crippen molar-refractivity contribution in [3.05, 3.63) is 34.6 Å². The number of carbonyl (C=O) groups is 1. The van der Waals surface area contributed by atoms with Crippen molar-refractivity contribution in [3.8, 4) is 0 Å². The van der Waals surface area contributed by atoms with E-state index in [2.05, 4.69) is 15.6 Å². The molecule has 0 saturated carbocycles. The summed E-state index contributed by atoms with van der Waals surface area (Å²) in [6.07, 6.45) is 0. The first kappa shape index (κ1) is 8.96. The number of amides is 1. The van der Waals surface area contributed by atoms with Crippen molar-refractivity contribution in [2.75, 3.05) is 17.2 Å². The van der Waals surface area contributed by atoms with Crippen LogP contribution in [0.2, 0.25) is 0 Å². The van der Waals surface area contributed by atoms with Crippen molar-refractivity contribution in [1.82, 2.24) is 4.98 Å². The Morgan fingerprint density at radius 3 is 2.75 bits per heavy atom. The van der Waals surface area contributed by atoms with Crippen molar-refractivity contribution >= 4 is 28.2 Å². The molecule has 0 aliphatic carbocycles. The molecule has 1 aromatic heterocycles. The highest BCUT2D eigenvalue weighted by molar-refractivity contribution is 6.09. The number of para-hydroxylation sites is 1. The third-order valence-corrected chi connectivity index (χ3v) is 2.61. The van der Waals surface area contributed by atoms with Crippen LogP contribution in [0, 0.1) is 0 Å². The van der Waals surface area contributed by atoms with E-state index in [4.69, 9.17) is 0 Å². The second-order valence-electron chi connectivity index (χ2n) is 3.65. The van der Waals surface area contributed by atoms with E-state index in [9.17, 15) is 9.59 Å². The summed E-state index contributed by atoms with van der Waals surface area (Å²) in [5.74, 6) is -0.136. The van der Waals surface area contributed by atoms with Crippen molar-refractivity contribution in [3.63, 3.8) is 0 Å². The minimum absolute atomic E-state index is 0.133. The van der Waals surface area contributed by atoms with E-state index in [0.29, 0.717) is 11.4 Å². The van der Waals surface area contributed by atoms with Crippen LogP contribution in [-0.4, -0.2) is 17.4 Å². The van der Waals surface area contributed by atoms with Gasteiger partial charge in [-0.05, 0) is 6.07 Å². The summed E-state index contributed by atoms with van der Waals surface area (Å²) >= 11 is 0. The fraction of sp³-hybridized carbons (Fsp3) is 0.0909. The highest BCUT2D eigenvalue weighted by Gasteiger charge is 2.19. The van der Waals surface area contributed by atoms with E-state index in [1.54, 1.807) is 6.07 Å². The second kappa shape index (κ2) is 3.10. The van der Waals surface area contributed by atoms with E-state index in [1.165, 1.54) is 0 Å². The molecule has 0 spiro atoms. The molecule has 1 amide bonds. The fourth-order valence-electron chi connectivity index (χ4n) is 1.89. The van der Waals surface area contributed by atoms with Crippen molar-refractivity contribution in [1.29, 1.82) is 0 Å². The molecule has 0 bridgehead atoms. The van der Waals surface area contributed by atoms with Crippen LogP contribution in [0.4, 0.5) is 11.4 Å². The van der Waals surface area contributed by atoms with Crippen LogP contribution in [0.3, 0.4) is 0 Å². The summed E-state index contributed by atoms with van der Waals surface area (Å²) in [6, 6.07) is 7.36. The maximum atomic E-state index is 11.7. The number of pyridine rings is 1. The van der Waals surface area contributed by atoms with Crippen LogP contribution in [-0.2, 0) is 4.79 Å². The molecule has 3 rings (SSSR count). The molecule has 0 saturated heterocycles. The Balaban J connectivity index is 2.42. The summed E-state index contributed by atoms with van der Waals surface area (Å²) < 4.78 is 0. The Kier molecular flexibility index (Phi) is 1.73. The molecule has 1 aliphatic rings. The normalized spacial score (nSPS) is 14.1. The molecule has 1 aromatic carbocycles. The van der Waals surface area contributed by atoms with Gasteiger partial charge in [0.05, 0.1) is 17.7 Å². The van der Waals surface area contributed by atoms with Gasteiger partial charge in [-0.1, -0.05) is 18.2 Å². The van der Waals surface area contributed by atoms with Gasteiger partial charge in [-0.3, -0.25) is 9.59 Å². The number of hydrogen-bond donors (Lipinski definition) is 3. The molecular weight excluding hydrogens is 206 g/mol. The molecule has 80 valence electrons. The van der Waals surface area contributed by atoms with E-state index >= 15 is 0 Å². The van der Waals surface area contributed by atoms with Crippen LogP contribution < -0.4 is 16.2 Å². The Bertz CT molecular complexity index is 645. The topological polar surface area (TPSA) is 74.0 Å². The predicted molar refractivity (Wildman–Crippen MR) is 61.7 cm³/mol. The number of hydrogen-bond acceptors (Lipinski definition) is 3. The molecule has 0 atom stereocenters. The summed E-state index contributed by atoms with van der Waals surface area (Å²) in [5, 5.41) is 6.37. The lowest BCUT2D eigenvalue weighted by Crippen LogP contribution is -2.31. The van der Waals surface area contributed by atoms with Gasteiger partial charge in [0, 0.05) is 5.39 Å². The van der Waals surface area contributed by atoms with E-state index in [-0.39, 0.29) is 18.0 Å². The molecular formula is C11H9N3O2. The first-order chi connectivity index (χ1) is 7.75. The molecule has 2 aromatic rings. The van der Waals surface area contributed by atoms with Gasteiger partial charge in [0.2, 0.25) is 5.91 Å². The number of benzene rings is 1. The van der Waals surface area contributed by atoms with Crippen LogP contribution in [0.5, 0.6) is 0 Å². The minimum atomic E-state index is -0.214. The Morgan fingerprint density at radius 1 is 1.06 bits per heavy atom. The van der Waals surface area contributed by atoms with Gasteiger partial charge in [-0.2, -0.15) is 0 Å². The maximum absolute atomic E-state index is 11.7. The first-order valence-electron chi connectivity index (χ1n) is 4.94. The minimum Gasteiger partial charge on any atom is -0.370 e. The predicted octanol–water partition coefficient (Wildman–Crippen LogP) is 0.892. The number of aromatic nitrogens is 1. The third kappa shape index (κ3) is 1.18. The number of nitrogens with one attached hydrogen (secondary N) is 3. The molecule has 2 heterocycles. The van der Waals surface area contributed by atoms with E-state index < -0.39 is 0 Å². The third-order valence-electron chi connectivity index (χ3n) is 2.61. The Labute approximate surface area is 90.5 Å². The average molecular weight is 215 g/mol. The quantitative estimate of drug-likeness (QED) is 0.611. The number of H-pyrrole nitrogens is 1. The molecule has 1 aliphatic heterocycles. The van der Waals surface area contributed by atoms with Gasteiger partial charge in [0.15, 0.2) is 0 Å². The lowest BCUT2D eigenvalue weighted by atomic mass is 10.1. The molecule has 5 heteroatoms. The van der Waals surface area contributed by atoms with Crippen molar-refractivity contribution in [2.24, 2.45) is 0 Å². The average Bonchev–Trinajstić information content (AvgIpc) is 2.29. The second-order valence-corrected chi connectivity index (χ2v) is 3.65. The van der Waals surface area contributed by atoms with Gasteiger partial charge in [-0.15, -0.1) is 0 Å². The molecule has 0 fully saturated rings. The van der Waals surface area contributed by atoms with E-state index in [0.717, 1.165) is 10.9 Å². The Hall–Kier alpha value is -2.30. The zero-order valence-corrected chi connectivity index (χ0v) is 8.33. The number of carbonyl (C=O) groups excluding carboxylic acids is 1. The van der Waals surface area contributed by atoms with Gasteiger partial charge >= 0.3 is 0 Å². The maximum Gasteiger partial charge on any atom is 0.273 e. The molecule has 0 radical (unpaired) electrons. The first-order valence-corrected chi connectivity index (χ1v) is 4.94. The lowest BCUT2D eigenvalue weighted by molar-refractivity contribution is -0.114. The number of anilines is 2.